The normalized spacial score (nSPS) is 22.9. The van der Waals surface area contributed by atoms with E-state index in [4.69, 9.17) is 0 Å². The van der Waals surface area contributed by atoms with Crippen LogP contribution in [-0.2, 0) is 6.42 Å². The number of piperidine rings is 2. The van der Waals surface area contributed by atoms with E-state index in [1.54, 1.807) is 19.1 Å². The number of nitrogens with one attached hydrogen (secondary N) is 2. The second-order valence-electron chi connectivity index (χ2n) is 10.4. The molecule has 3 atom stereocenters. The molecule has 1 aromatic carbocycles. The summed E-state index contributed by atoms with van der Waals surface area (Å²) in [7, 11) is 0. The number of carbonyl (C=O) groups excluding carboxylic acids is 2. The molecule has 2 aromatic rings. The summed E-state index contributed by atoms with van der Waals surface area (Å²) in [5.41, 5.74) is 1.83. The highest BCUT2D eigenvalue weighted by molar-refractivity contribution is 7.17. The number of aromatic nitrogens is 1. The first kappa shape index (κ1) is 27.4. The van der Waals surface area contributed by atoms with Gasteiger partial charge >= 0.3 is 6.03 Å². The van der Waals surface area contributed by atoms with Gasteiger partial charge in [0.2, 0.25) is 0 Å². The van der Waals surface area contributed by atoms with Crippen molar-refractivity contribution in [1.82, 2.24) is 20.1 Å². The van der Waals surface area contributed by atoms with Crippen molar-refractivity contribution in [3.8, 4) is 0 Å². The number of aryl methyl sites for hydroxylation is 1. The number of nitrogens with zero attached hydrogens (tertiary/aromatic N) is 3. The quantitative estimate of drug-likeness (QED) is 0.364. The van der Waals surface area contributed by atoms with Gasteiger partial charge in [-0.25, -0.2) is 14.2 Å². The third-order valence-corrected chi connectivity index (χ3v) is 8.57. The molecule has 2 aliphatic heterocycles. The van der Waals surface area contributed by atoms with Crippen LogP contribution < -0.4 is 10.6 Å². The average Bonchev–Trinajstić information content (AvgIpc) is 3.22. The number of anilines is 1. The summed E-state index contributed by atoms with van der Waals surface area (Å²) in [5.74, 6) is 0.597. The molecule has 2 aliphatic rings. The van der Waals surface area contributed by atoms with Gasteiger partial charge in [-0.3, -0.25) is 15.0 Å². The Morgan fingerprint density at radius 2 is 1.97 bits per heavy atom. The number of hydrogen-bond acceptors (Lipinski definition) is 6. The van der Waals surface area contributed by atoms with Gasteiger partial charge in [-0.1, -0.05) is 29.5 Å². The molecule has 0 saturated carbocycles. The van der Waals surface area contributed by atoms with E-state index >= 15 is 0 Å². The standard InChI is InChI=1S/C28H38FN5O2S/c1-4-12-33-14-11-25(31-27(36)32-28-30-19(2)26(37-28)20(3)35)23(17-33)18-34-13-5-6-22(16-34)15-21-7-9-24(29)10-8-21/h4,7-10,22-23,25H,1,5-6,11-18H2,2-3H3,(H2,30,31,32,36)/t22-,23-,25+/m0/s1. The first-order valence-electron chi connectivity index (χ1n) is 13.2. The highest BCUT2D eigenvalue weighted by Crippen LogP contribution is 2.26. The van der Waals surface area contributed by atoms with Crippen LogP contribution >= 0.6 is 11.3 Å². The third kappa shape index (κ3) is 7.69. The second-order valence-corrected chi connectivity index (χ2v) is 11.4. The summed E-state index contributed by atoms with van der Waals surface area (Å²) in [6.45, 7) is 12.8. The zero-order valence-corrected chi connectivity index (χ0v) is 22.7. The number of carbonyl (C=O) groups is 2. The molecule has 2 N–H and O–H groups in total. The molecule has 37 heavy (non-hydrogen) atoms. The maximum absolute atomic E-state index is 13.3. The zero-order chi connectivity index (χ0) is 26.4. The summed E-state index contributed by atoms with van der Waals surface area (Å²) >= 11 is 1.21. The minimum absolute atomic E-state index is 0.0441. The van der Waals surface area contributed by atoms with Crippen LogP contribution in [0.1, 0.15) is 47.1 Å². The molecule has 2 amide bonds. The van der Waals surface area contributed by atoms with Crippen LogP contribution in [0.25, 0.3) is 0 Å². The Balaban J connectivity index is 1.37. The molecule has 0 unspecified atom stereocenters. The fourth-order valence-corrected chi connectivity index (χ4v) is 6.53. The van der Waals surface area contributed by atoms with Crippen molar-refractivity contribution < 1.29 is 14.0 Å². The molecule has 9 heteroatoms. The van der Waals surface area contributed by atoms with Crippen molar-refractivity contribution in [3.63, 3.8) is 0 Å². The number of rotatable bonds is 9. The maximum Gasteiger partial charge on any atom is 0.321 e. The van der Waals surface area contributed by atoms with Gasteiger partial charge in [-0.15, -0.1) is 6.58 Å². The van der Waals surface area contributed by atoms with Gasteiger partial charge in [-0.2, -0.15) is 0 Å². The van der Waals surface area contributed by atoms with Gasteiger partial charge in [0.1, 0.15) is 5.82 Å². The minimum Gasteiger partial charge on any atom is -0.335 e. The Kier molecular flexibility index (Phi) is 9.45. The Hall–Kier alpha value is -2.62. The maximum atomic E-state index is 13.3. The number of urea groups is 1. The first-order chi connectivity index (χ1) is 17.8. The number of Topliss-reactive ketones (excluding diaryl/α,β-unsaturated/α-hetero) is 1. The van der Waals surface area contributed by atoms with Crippen molar-refractivity contribution in [2.24, 2.45) is 11.8 Å². The van der Waals surface area contributed by atoms with Crippen molar-refractivity contribution in [3.05, 3.63) is 58.9 Å². The van der Waals surface area contributed by atoms with E-state index in [9.17, 15) is 14.0 Å². The molecule has 0 radical (unpaired) electrons. The molecule has 2 fully saturated rings. The Morgan fingerprint density at radius 1 is 1.19 bits per heavy atom. The molecule has 200 valence electrons. The monoisotopic (exact) mass is 527 g/mol. The van der Waals surface area contributed by atoms with Crippen molar-refractivity contribution >= 4 is 28.3 Å². The fraction of sp³-hybridized carbons (Fsp3) is 0.536. The molecule has 4 rings (SSSR count). The molecular weight excluding hydrogens is 489 g/mol. The van der Waals surface area contributed by atoms with Crippen molar-refractivity contribution in [2.75, 3.05) is 44.6 Å². The van der Waals surface area contributed by atoms with Gasteiger partial charge in [0.25, 0.3) is 0 Å². The number of hydrogen-bond donors (Lipinski definition) is 2. The van der Waals surface area contributed by atoms with Gasteiger partial charge < -0.3 is 10.2 Å². The molecule has 2 saturated heterocycles. The largest absolute Gasteiger partial charge is 0.335 e. The first-order valence-corrected chi connectivity index (χ1v) is 14.0. The molecule has 0 aliphatic carbocycles. The summed E-state index contributed by atoms with van der Waals surface area (Å²) in [5, 5.41) is 6.49. The van der Waals surface area contributed by atoms with Crippen LogP contribution in [-0.4, -0.2) is 71.9 Å². The Bertz CT molecular complexity index is 1090. The van der Waals surface area contributed by atoms with Crippen molar-refractivity contribution in [2.45, 2.75) is 45.6 Å². The lowest BCUT2D eigenvalue weighted by Gasteiger charge is -2.42. The number of amides is 2. The van der Waals surface area contributed by atoms with E-state index in [-0.39, 0.29) is 29.6 Å². The van der Waals surface area contributed by atoms with E-state index < -0.39 is 0 Å². The third-order valence-electron chi connectivity index (χ3n) is 7.39. The van der Waals surface area contributed by atoms with Crippen LogP contribution in [0, 0.1) is 24.6 Å². The van der Waals surface area contributed by atoms with E-state index in [2.05, 4.69) is 32.0 Å². The Labute approximate surface area is 223 Å². The lowest BCUT2D eigenvalue weighted by molar-refractivity contribution is 0.0902. The molecule has 7 nitrogen and oxygen atoms in total. The van der Waals surface area contributed by atoms with E-state index in [0.717, 1.165) is 58.5 Å². The minimum atomic E-state index is -0.274. The number of benzene rings is 1. The predicted molar refractivity (Wildman–Crippen MR) is 147 cm³/mol. The number of likely N-dealkylation sites (tertiary alicyclic amines) is 2. The summed E-state index contributed by atoms with van der Waals surface area (Å²) in [6, 6.07) is 6.65. The van der Waals surface area contributed by atoms with E-state index in [0.29, 0.717) is 21.6 Å². The summed E-state index contributed by atoms with van der Waals surface area (Å²) in [4.78, 5) is 34.5. The number of ketones is 1. The van der Waals surface area contributed by atoms with E-state index in [1.807, 2.05) is 18.2 Å². The van der Waals surface area contributed by atoms with Crippen LogP contribution in [0.2, 0.25) is 0 Å². The van der Waals surface area contributed by atoms with Crippen LogP contribution in [0.5, 0.6) is 0 Å². The second kappa shape index (κ2) is 12.8. The zero-order valence-electron chi connectivity index (χ0n) is 21.8. The van der Waals surface area contributed by atoms with Crippen LogP contribution in [0.15, 0.2) is 36.9 Å². The van der Waals surface area contributed by atoms with Crippen LogP contribution in [0.3, 0.4) is 0 Å². The summed E-state index contributed by atoms with van der Waals surface area (Å²) < 4.78 is 13.3. The van der Waals surface area contributed by atoms with Crippen molar-refractivity contribution in [1.29, 1.82) is 0 Å². The molecule has 0 bridgehead atoms. The summed E-state index contributed by atoms with van der Waals surface area (Å²) in [6.07, 6.45) is 6.10. The SMILES string of the molecule is C=CCN1CC[C@@H](NC(=O)Nc2nc(C)c(C(C)=O)s2)[C@H](CN2CCC[C@@H](Cc3ccc(F)cc3)C2)C1. The lowest BCUT2D eigenvalue weighted by Crippen LogP contribution is -2.55. The molecule has 1 aromatic heterocycles. The average molecular weight is 528 g/mol. The van der Waals surface area contributed by atoms with Gasteiger partial charge in [0, 0.05) is 51.6 Å². The smallest absolute Gasteiger partial charge is 0.321 e. The Morgan fingerprint density at radius 3 is 2.68 bits per heavy atom. The van der Waals surface area contributed by atoms with E-state index in [1.165, 1.54) is 30.2 Å². The van der Waals surface area contributed by atoms with Gasteiger partial charge in [0.15, 0.2) is 10.9 Å². The highest BCUT2D eigenvalue weighted by atomic mass is 32.1. The lowest BCUT2D eigenvalue weighted by atomic mass is 9.88. The number of halogens is 1. The highest BCUT2D eigenvalue weighted by Gasteiger charge is 2.33. The van der Waals surface area contributed by atoms with Gasteiger partial charge in [-0.05, 0) is 62.8 Å². The predicted octanol–water partition coefficient (Wildman–Crippen LogP) is 4.75. The van der Waals surface area contributed by atoms with Gasteiger partial charge in [0.05, 0.1) is 10.6 Å². The fourth-order valence-electron chi connectivity index (χ4n) is 5.68. The van der Waals surface area contributed by atoms with Crippen LogP contribution in [0.4, 0.5) is 14.3 Å². The molecule has 3 heterocycles. The topological polar surface area (TPSA) is 77.6 Å². The number of thiazole rings is 1. The molecule has 0 spiro atoms. The molecular formula is C28H38FN5O2S.